The zero-order valence-corrected chi connectivity index (χ0v) is 21.5. The predicted molar refractivity (Wildman–Crippen MR) is 145 cm³/mol. The number of fused-ring (bicyclic) bond motifs is 2. The van der Waals surface area contributed by atoms with Gasteiger partial charge in [0.25, 0.3) is 5.91 Å². The summed E-state index contributed by atoms with van der Waals surface area (Å²) in [5.74, 6) is 2.58. The molecule has 0 radical (unpaired) electrons. The molecule has 198 valence electrons. The third-order valence-electron chi connectivity index (χ3n) is 7.55. The van der Waals surface area contributed by atoms with Crippen LogP contribution < -0.4 is 19.7 Å². The summed E-state index contributed by atoms with van der Waals surface area (Å²) >= 11 is 0. The van der Waals surface area contributed by atoms with Crippen LogP contribution in [0.15, 0.2) is 48.5 Å². The number of hydrogen-bond donors (Lipinski definition) is 1. The average Bonchev–Trinajstić information content (AvgIpc) is 3.59. The van der Waals surface area contributed by atoms with Crippen molar-refractivity contribution in [2.75, 3.05) is 57.5 Å². The van der Waals surface area contributed by atoms with Gasteiger partial charge in [-0.1, -0.05) is 24.3 Å². The number of amides is 2. The van der Waals surface area contributed by atoms with Gasteiger partial charge in [0.15, 0.2) is 11.5 Å². The van der Waals surface area contributed by atoms with Crippen LogP contribution in [0, 0.1) is 0 Å². The standard InChI is InChI=1S/C29H33N5O4/c35-28-7-3-11-34(28)12-4-10-30-29(36)23-18-27(31-24-6-2-1-5-22(23)24)33-15-13-32(14-16-33)19-21-8-9-25-26(17-21)38-20-37-25/h1-2,5-6,8-9,17-18H,3-4,7,10-16,19-20H2,(H,30,36). The lowest BCUT2D eigenvalue weighted by Crippen LogP contribution is -2.46. The Hall–Kier alpha value is -3.85. The van der Waals surface area contributed by atoms with Crippen LogP contribution in [0.5, 0.6) is 11.5 Å². The van der Waals surface area contributed by atoms with Gasteiger partial charge in [0.1, 0.15) is 5.82 Å². The third kappa shape index (κ3) is 5.24. The highest BCUT2D eigenvalue weighted by atomic mass is 16.7. The smallest absolute Gasteiger partial charge is 0.252 e. The summed E-state index contributed by atoms with van der Waals surface area (Å²) in [6.07, 6.45) is 2.33. The largest absolute Gasteiger partial charge is 0.454 e. The maximum absolute atomic E-state index is 13.2. The molecule has 2 amide bonds. The number of nitrogens with one attached hydrogen (secondary N) is 1. The number of piperazine rings is 1. The SMILES string of the molecule is O=C(NCCCN1CCCC1=O)c1cc(N2CCN(Cc3ccc4c(c3)OCO4)CC2)nc2ccccc12. The predicted octanol–water partition coefficient (Wildman–Crippen LogP) is 3.03. The molecule has 4 heterocycles. The molecule has 3 aliphatic rings. The Balaban J connectivity index is 1.09. The van der Waals surface area contributed by atoms with Crippen LogP contribution in [-0.2, 0) is 11.3 Å². The molecule has 9 heteroatoms. The van der Waals surface area contributed by atoms with E-state index in [2.05, 4.69) is 27.2 Å². The van der Waals surface area contributed by atoms with Crippen LogP contribution in [0.2, 0.25) is 0 Å². The molecule has 1 aromatic heterocycles. The highest BCUT2D eigenvalue weighted by molar-refractivity contribution is 6.07. The first-order valence-electron chi connectivity index (χ1n) is 13.5. The Bertz CT molecular complexity index is 1340. The summed E-state index contributed by atoms with van der Waals surface area (Å²) < 4.78 is 10.9. The van der Waals surface area contributed by atoms with E-state index in [-0.39, 0.29) is 18.6 Å². The second-order valence-electron chi connectivity index (χ2n) is 10.1. The van der Waals surface area contributed by atoms with Gasteiger partial charge in [-0.25, -0.2) is 4.98 Å². The fourth-order valence-electron chi connectivity index (χ4n) is 5.45. The van der Waals surface area contributed by atoms with Gasteiger partial charge in [0, 0.05) is 64.2 Å². The zero-order chi connectivity index (χ0) is 25.9. The van der Waals surface area contributed by atoms with Crippen LogP contribution in [0.1, 0.15) is 35.2 Å². The van der Waals surface area contributed by atoms with E-state index in [0.717, 1.165) is 80.3 Å². The monoisotopic (exact) mass is 515 g/mol. The van der Waals surface area contributed by atoms with Crippen molar-refractivity contribution in [3.05, 3.63) is 59.7 Å². The molecule has 1 N–H and O–H groups in total. The fraction of sp³-hybridized carbons (Fsp3) is 0.414. The number of nitrogens with zero attached hydrogens (tertiary/aromatic N) is 4. The second kappa shape index (κ2) is 10.9. The Morgan fingerprint density at radius 2 is 1.82 bits per heavy atom. The minimum Gasteiger partial charge on any atom is -0.454 e. The van der Waals surface area contributed by atoms with Crippen molar-refractivity contribution in [3.63, 3.8) is 0 Å². The molecule has 2 fully saturated rings. The van der Waals surface area contributed by atoms with Crippen LogP contribution in [-0.4, -0.2) is 79.2 Å². The molecule has 0 unspecified atom stereocenters. The van der Waals surface area contributed by atoms with Crippen molar-refractivity contribution in [3.8, 4) is 11.5 Å². The number of aromatic nitrogens is 1. The number of anilines is 1. The lowest BCUT2D eigenvalue weighted by Gasteiger charge is -2.35. The number of pyridine rings is 1. The fourth-order valence-corrected chi connectivity index (χ4v) is 5.45. The number of para-hydroxylation sites is 1. The summed E-state index contributed by atoms with van der Waals surface area (Å²) in [5, 5.41) is 3.91. The molecule has 2 saturated heterocycles. The van der Waals surface area contributed by atoms with Crippen molar-refractivity contribution >= 4 is 28.5 Å². The first kappa shape index (κ1) is 24.5. The van der Waals surface area contributed by atoms with Gasteiger partial charge in [0.2, 0.25) is 12.7 Å². The lowest BCUT2D eigenvalue weighted by molar-refractivity contribution is -0.127. The zero-order valence-electron chi connectivity index (χ0n) is 21.5. The number of benzene rings is 2. The van der Waals surface area contributed by atoms with Crippen molar-refractivity contribution in [1.29, 1.82) is 0 Å². The summed E-state index contributed by atoms with van der Waals surface area (Å²) in [6, 6.07) is 15.9. The highest BCUT2D eigenvalue weighted by Crippen LogP contribution is 2.33. The minimum atomic E-state index is -0.0981. The summed E-state index contributed by atoms with van der Waals surface area (Å²) in [5.41, 5.74) is 2.67. The summed E-state index contributed by atoms with van der Waals surface area (Å²) in [4.78, 5) is 36.5. The molecule has 6 rings (SSSR count). The molecule has 0 aliphatic carbocycles. The van der Waals surface area contributed by atoms with E-state index in [1.54, 1.807) is 0 Å². The van der Waals surface area contributed by atoms with Gasteiger partial charge in [-0.15, -0.1) is 0 Å². The molecular weight excluding hydrogens is 482 g/mol. The van der Waals surface area contributed by atoms with E-state index in [1.807, 2.05) is 41.3 Å². The Morgan fingerprint density at radius 1 is 0.974 bits per heavy atom. The van der Waals surface area contributed by atoms with Gasteiger partial charge >= 0.3 is 0 Å². The van der Waals surface area contributed by atoms with Crippen LogP contribution in [0.25, 0.3) is 10.9 Å². The quantitative estimate of drug-likeness (QED) is 0.462. The Kier molecular flexibility index (Phi) is 7.00. The maximum Gasteiger partial charge on any atom is 0.252 e. The first-order chi connectivity index (χ1) is 18.6. The summed E-state index contributed by atoms with van der Waals surface area (Å²) in [6.45, 7) is 6.67. The van der Waals surface area contributed by atoms with Crippen LogP contribution >= 0.6 is 0 Å². The first-order valence-corrected chi connectivity index (χ1v) is 13.5. The van der Waals surface area contributed by atoms with Crippen LogP contribution in [0.4, 0.5) is 5.82 Å². The number of hydrogen-bond acceptors (Lipinski definition) is 7. The van der Waals surface area contributed by atoms with Crippen LogP contribution in [0.3, 0.4) is 0 Å². The number of carbonyl (C=O) groups is 2. The molecule has 0 bridgehead atoms. The second-order valence-corrected chi connectivity index (χ2v) is 10.1. The Labute approximate surface area is 222 Å². The number of likely N-dealkylation sites (tertiary alicyclic amines) is 1. The molecule has 3 aromatic rings. The van der Waals surface area contributed by atoms with Crippen molar-refractivity contribution in [2.45, 2.75) is 25.8 Å². The van der Waals surface area contributed by atoms with Gasteiger partial charge in [-0.2, -0.15) is 0 Å². The number of carbonyl (C=O) groups excluding carboxylic acids is 2. The van der Waals surface area contributed by atoms with E-state index >= 15 is 0 Å². The topological polar surface area (TPSA) is 87.2 Å². The minimum absolute atomic E-state index is 0.0981. The maximum atomic E-state index is 13.2. The van der Waals surface area contributed by atoms with E-state index in [1.165, 1.54) is 5.56 Å². The van der Waals surface area contributed by atoms with E-state index in [9.17, 15) is 9.59 Å². The molecule has 2 aromatic carbocycles. The number of rotatable bonds is 8. The van der Waals surface area contributed by atoms with E-state index in [0.29, 0.717) is 25.1 Å². The third-order valence-corrected chi connectivity index (χ3v) is 7.55. The van der Waals surface area contributed by atoms with E-state index < -0.39 is 0 Å². The van der Waals surface area contributed by atoms with Crippen molar-refractivity contribution in [1.82, 2.24) is 20.1 Å². The van der Waals surface area contributed by atoms with Gasteiger partial charge in [-0.3, -0.25) is 14.5 Å². The Morgan fingerprint density at radius 3 is 2.66 bits per heavy atom. The van der Waals surface area contributed by atoms with Gasteiger partial charge in [-0.05, 0) is 42.7 Å². The van der Waals surface area contributed by atoms with E-state index in [4.69, 9.17) is 14.5 Å². The molecule has 3 aliphatic heterocycles. The summed E-state index contributed by atoms with van der Waals surface area (Å²) in [7, 11) is 0. The molecule has 9 nitrogen and oxygen atoms in total. The molecule has 38 heavy (non-hydrogen) atoms. The molecule has 0 spiro atoms. The highest BCUT2D eigenvalue weighted by Gasteiger charge is 2.23. The average molecular weight is 516 g/mol. The van der Waals surface area contributed by atoms with Gasteiger partial charge in [0.05, 0.1) is 11.1 Å². The molecule has 0 saturated carbocycles. The number of ether oxygens (including phenoxy) is 2. The normalized spacial score (nSPS) is 17.4. The molecular formula is C29H33N5O4. The lowest BCUT2D eigenvalue weighted by atomic mass is 10.1. The van der Waals surface area contributed by atoms with Crippen molar-refractivity contribution < 1.29 is 19.1 Å². The van der Waals surface area contributed by atoms with Gasteiger partial charge < -0.3 is 24.6 Å². The van der Waals surface area contributed by atoms with Crippen molar-refractivity contribution in [2.24, 2.45) is 0 Å². The molecule has 0 atom stereocenters.